The Balaban J connectivity index is 2.04. The third kappa shape index (κ3) is 3.75. The molecule has 0 bridgehead atoms. The van der Waals surface area contributed by atoms with Crippen molar-refractivity contribution in [2.75, 3.05) is 5.32 Å². The number of nitro groups is 1. The predicted octanol–water partition coefficient (Wildman–Crippen LogP) is 2.82. The highest BCUT2D eigenvalue weighted by atomic mass is 19.1. The first-order valence-electron chi connectivity index (χ1n) is 6.79. The summed E-state index contributed by atoms with van der Waals surface area (Å²) in [6.45, 7) is 2.90. The molecule has 1 aromatic carbocycles. The molecule has 0 spiro atoms. The van der Waals surface area contributed by atoms with Gasteiger partial charge in [-0.1, -0.05) is 0 Å². The van der Waals surface area contributed by atoms with E-state index in [1.807, 2.05) is 0 Å². The summed E-state index contributed by atoms with van der Waals surface area (Å²) < 4.78 is 23.2. The molecule has 126 valence electrons. The summed E-state index contributed by atoms with van der Waals surface area (Å²) in [5.74, 6) is -2.13. The molecule has 8 nitrogen and oxygen atoms in total. The van der Waals surface area contributed by atoms with Gasteiger partial charge in [0.15, 0.2) is 6.10 Å². The molecule has 0 fully saturated rings. The number of furan rings is 1. The van der Waals surface area contributed by atoms with Gasteiger partial charge in [-0.25, -0.2) is 4.79 Å². The van der Waals surface area contributed by atoms with Crippen LogP contribution in [0.5, 0.6) is 0 Å². The van der Waals surface area contributed by atoms with Crippen LogP contribution in [-0.4, -0.2) is 22.9 Å². The molecule has 0 unspecified atom stereocenters. The van der Waals surface area contributed by atoms with E-state index in [1.54, 1.807) is 6.92 Å². The molecular formula is C15H13FN2O6. The van der Waals surface area contributed by atoms with Crippen molar-refractivity contribution in [3.8, 4) is 0 Å². The maximum absolute atomic E-state index is 13.3. The molecule has 0 aliphatic carbocycles. The number of nitrogens with zero attached hydrogens (tertiary/aromatic N) is 1. The average molecular weight is 336 g/mol. The van der Waals surface area contributed by atoms with Gasteiger partial charge in [-0.15, -0.1) is 0 Å². The number of amides is 1. The quantitative estimate of drug-likeness (QED) is 0.510. The fourth-order valence-corrected chi connectivity index (χ4v) is 1.85. The normalized spacial score (nSPS) is 11.6. The highest BCUT2D eigenvalue weighted by molar-refractivity contribution is 5.97. The van der Waals surface area contributed by atoms with Crippen LogP contribution in [0.25, 0.3) is 0 Å². The number of carbonyl (C=O) groups excluding carboxylic acids is 2. The van der Waals surface area contributed by atoms with Gasteiger partial charge in [-0.3, -0.25) is 14.9 Å². The van der Waals surface area contributed by atoms with Gasteiger partial charge in [0.2, 0.25) is 5.82 Å². The van der Waals surface area contributed by atoms with Gasteiger partial charge < -0.3 is 14.5 Å². The Morgan fingerprint density at radius 3 is 2.67 bits per heavy atom. The second-order valence-electron chi connectivity index (χ2n) is 4.85. The van der Waals surface area contributed by atoms with Crippen molar-refractivity contribution in [2.24, 2.45) is 0 Å². The van der Waals surface area contributed by atoms with Crippen LogP contribution >= 0.6 is 0 Å². The standard InChI is InChI=1S/C15H13FN2O6/c1-8-11(5-6-23-8)15(20)24-9(2)14(19)17-10-3-4-12(16)13(7-10)18(21)22/h3-7,9H,1-2H3,(H,17,19)/t9-/m1/s1. The lowest BCUT2D eigenvalue weighted by Gasteiger charge is -2.13. The highest BCUT2D eigenvalue weighted by Crippen LogP contribution is 2.22. The van der Waals surface area contributed by atoms with Crippen LogP contribution in [0, 0.1) is 22.9 Å². The molecule has 1 aromatic heterocycles. The third-order valence-corrected chi connectivity index (χ3v) is 3.14. The number of anilines is 1. The van der Waals surface area contributed by atoms with Gasteiger partial charge in [0.25, 0.3) is 5.91 Å². The maximum Gasteiger partial charge on any atom is 0.342 e. The Morgan fingerprint density at radius 1 is 1.38 bits per heavy atom. The van der Waals surface area contributed by atoms with Crippen molar-refractivity contribution < 1.29 is 28.1 Å². The molecule has 0 saturated heterocycles. The first-order valence-corrected chi connectivity index (χ1v) is 6.79. The smallest absolute Gasteiger partial charge is 0.342 e. The van der Waals surface area contributed by atoms with Crippen molar-refractivity contribution in [2.45, 2.75) is 20.0 Å². The van der Waals surface area contributed by atoms with E-state index in [0.29, 0.717) is 5.76 Å². The first kappa shape index (κ1) is 17.1. The maximum atomic E-state index is 13.3. The average Bonchev–Trinajstić information content (AvgIpc) is 2.95. The summed E-state index contributed by atoms with van der Waals surface area (Å²) in [6, 6.07) is 4.31. The summed E-state index contributed by atoms with van der Waals surface area (Å²) in [7, 11) is 0. The monoisotopic (exact) mass is 336 g/mol. The molecule has 0 saturated carbocycles. The number of hydrogen-bond donors (Lipinski definition) is 1. The van der Waals surface area contributed by atoms with Crippen LogP contribution in [0.2, 0.25) is 0 Å². The first-order chi connectivity index (χ1) is 11.3. The molecule has 1 amide bonds. The number of nitro benzene ring substituents is 1. The number of hydrogen-bond acceptors (Lipinski definition) is 6. The number of aryl methyl sites for hydroxylation is 1. The van der Waals surface area contributed by atoms with Gasteiger partial charge in [0, 0.05) is 11.8 Å². The van der Waals surface area contributed by atoms with E-state index in [9.17, 15) is 24.1 Å². The van der Waals surface area contributed by atoms with Crippen LogP contribution < -0.4 is 5.32 Å². The molecule has 9 heteroatoms. The molecule has 0 aliphatic heterocycles. The van der Waals surface area contributed by atoms with Gasteiger partial charge in [0.1, 0.15) is 11.3 Å². The minimum atomic E-state index is -1.17. The van der Waals surface area contributed by atoms with Crippen molar-refractivity contribution in [1.29, 1.82) is 0 Å². The van der Waals surface area contributed by atoms with E-state index in [1.165, 1.54) is 19.3 Å². The van der Waals surface area contributed by atoms with Crippen LogP contribution in [0.3, 0.4) is 0 Å². The fourth-order valence-electron chi connectivity index (χ4n) is 1.85. The molecule has 2 aromatic rings. The Bertz CT molecular complexity index is 801. The third-order valence-electron chi connectivity index (χ3n) is 3.14. The Hall–Kier alpha value is -3.23. The predicted molar refractivity (Wildman–Crippen MR) is 80.0 cm³/mol. The molecule has 0 aliphatic rings. The summed E-state index contributed by atoms with van der Waals surface area (Å²) in [6.07, 6.45) is 0.143. The summed E-state index contributed by atoms with van der Waals surface area (Å²) >= 11 is 0. The minimum absolute atomic E-state index is 0.00971. The lowest BCUT2D eigenvalue weighted by atomic mass is 10.2. The van der Waals surface area contributed by atoms with Crippen LogP contribution in [0.4, 0.5) is 15.8 Å². The number of halogens is 1. The lowest BCUT2D eigenvalue weighted by Crippen LogP contribution is -2.30. The molecule has 24 heavy (non-hydrogen) atoms. The zero-order valence-corrected chi connectivity index (χ0v) is 12.7. The highest BCUT2D eigenvalue weighted by Gasteiger charge is 2.22. The zero-order valence-electron chi connectivity index (χ0n) is 12.7. The SMILES string of the molecule is Cc1occc1C(=O)O[C@H](C)C(=O)Nc1ccc(F)c([N+](=O)[O-])c1. The molecular weight excluding hydrogens is 323 g/mol. The van der Waals surface area contributed by atoms with E-state index in [2.05, 4.69) is 5.32 Å². The van der Waals surface area contributed by atoms with Crippen molar-refractivity contribution in [1.82, 2.24) is 0 Å². The number of carbonyl (C=O) groups is 2. The van der Waals surface area contributed by atoms with Gasteiger partial charge in [-0.05, 0) is 32.0 Å². The van der Waals surface area contributed by atoms with E-state index in [0.717, 1.165) is 18.2 Å². The summed E-state index contributed by atoms with van der Waals surface area (Å²) in [5.41, 5.74) is -0.575. The minimum Gasteiger partial charge on any atom is -0.469 e. The van der Waals surface area contributed by atoms with E-state index < -0.39 is 34.4 Å². The van der Waals surface area contributed by atoms with Crippen LogP contribution in [0.15, 0.2) is 34.9 Å². The molecule has 0 radical (unpaired) electrons. The number of nitrogens with one attached hydrogen (secondary N) is 1. The van der Waals surface area contributed by atoms with Crippen LogP contribution in [0.1, 0.15) is 23.0 Å². The van der Waals surface area contributed by atoms with Crippen molar-refractivity contribution in [3.05, 3.63) is 57.8 Å². The van der Waals surface area contributed by atoms with E-state index in [-0.39, 0.29) is 11.3 Å². The van der Waals surface area contributed by atoms with Gasteiger partial charge in [0.05, 0.1) is 11.2 Å². The summed E-state index contributed by atoms with van der Waals surface area (Å²) in [4.78, 5) is 33.6. The number of rotatable bonds is 5. The van der Waals surface area contributed by atoms with Crippen molar-refractivity contribution in [3.63, 3.8) is 0 Å². The number of ether oxygens (including phenoxy) is 1. The van der Waals surface area contributed by atoms with Gasteiger partial charge in [-0.2, -0.15) is 4.39 Å². The van der Waals surface area contributed by atoms with Crippen LogP contribution in [-0.2, 0) is 9.53 Å². The van der Waals surface area contributed by atoms with Gasteiger partial charge >= 0.3 is 11.7 Å². The molecule has 1 N–H and O–H groups in total. The fraction of sp³-hybridized carbons (Fsp3) is 0.200. The molecule has 2 rings (SSSR count). The summed E-state index contributed by atoms with van der Waals surface area (Å²) in [5, 5.41) is 13.0. The Morgan fingerprint density at radius 2 is 2.08 bits per heavy atom. The second kappa shape index (κ2) is 6.90. The zero-order chi connectivity index (χ0) is 17.9. The largest absolute Gasteiger partial charge is 0.469 e. The number of esters is 1. The Labute approximate surface area is 135 Å². The van der Waals surface area contributed by atoms with E-state index in [4.69, 9.17) is 9.15 Å². The van der Waals surface area contributed by atoms with E-state index >= 15 is 0 Å². The number of benzene rings is 1. The Kier molecular flexibility index (Phi) is 4.93. The molecule has 1 atom stereocenters. The van der Waals surface area contributed by atoms with Crippen molar-refractivity contribution >= 4 is 23.3 Å². The topological polar surface area (TPSA) is 112 Å². The second-order valence-corrected chi connectivity index (χ2v) is 4.85. The molecule has 1 heterocycles. The lowest BCUT2D eigenvalue weighted by molar-refractivity contribution is -0.387.